The van der Waals surface area contributed by atoms with E-state index in [0.717, 1.165) is 18.2 Å². The molecule has 16 heavy (non-hydrogen) atoms. The summed E-state index contributed by atoms with van der Waals surface area (Å²) in [5.41, 5.74) is -0.419. The third-order valence-electron chi connectivity index (χ3n) is 1.71. The summed E-state index contributed by atoms with van der Waals surface area (Å²) in [5, 5.41) is 19.3. The van der Waals surface area contributed by atoms with Crippen molar-refractivity contribution in [1.82, 2.24) is 0 Å². The molecule has 0 heterocycles. The molecule has 0 aliphatic rings. The van der Waals surface area contributed by atoms with Gasteiger partial charge in [-0.05, 0) is 6.07 Å². The first-order valence-electron chi connectivity index (χ1n) is 4.14. The van der Waals surface area contributed by atoms with Gasteiger partial charge in [0, 0.05) is 12.1 Å². The van der Waals surface area contributed by atoms with Gasteiger partial charge in [-0.25, -0.2) is 4.79 Å². The minimum atomic E-state index is -1.19. The van der Waals surface area contributed by atoms with Gasteiger partial charge in [-0.15, -0.1) is 6.42 Å². The largest absolute Gasteiger partial charge is 0.478 e. The van der Waals surface area contributed by atoms with Crippen molar-refractivity contribution in [3.63, 3.8) is 0 Å². The fourth-order valence-corrected chi connectivity index (χ4v) is 1.03. The molecule has 0 atom stereocenters. The molecule has 0 aliphatic carbocycles. The molecule has 0 fully saturated rings. The quantitative estimate of drug-likeness (QED) is 0.470. The molecular formula is C10H7NO5. The first-order chi connectivity index (χ1) is 7.56. The van der Waals surface area contributed by atoms with E-state index >= 15 is 0 Å². The van der Waals surface area contributed by atoms with Crippen LogP contribution < -0.4 is 4.74 Å². The molecule has 0 amide bonds. The molecule has 0 saturated heterocycles. The second kappa shape index (κ2) is 4.79. The van der Waals surface area contributed by atoms with Gasteiger partial charge < -0.3 is 9.84 Å². The zero-order valence-corrected chi connectivity index (χ0v) is 8.04. The summed E-state index contributed by atoms with van der Waals surface area (Å²) in [6.07, 6.45) is 4.94. The number of carboxylic acid groups (broad SMARTS) is 1. The number of ether oxygens (including phenoxy) is 1. The van der Waals surface area contributed by atoms with E-state index in [0.29, 0.717) is 0 Å². The van der Waals surface area contributed by atoms with Gasteiger partial charge in [-0.2, -0.15) is 0 Å². The van der Waals surface area contributed by atoms with Crippen LogP contribution in [0.15, 0.2) is 18.2 Å². The maximum absolute atomic E-state index is 10.6. The number of nitro groups is 1. The Morgan fingerprint density at radius 2 is 2.31 bits per heavy atom. The summed E-state index contributed by atoms with van der Waals surface area (Å²) >= 11 is 0. The van der Waals surface area contributed by atoms with Crippen molar-refractivity contribution in [2.75, 3.05) is 6.61 Å². The summed E-state index contributed by atoms with van der Waals surface area (Å²) in [7, 11) is 0. The van der Waals surface area contributed by atoms with Crippen LogP contribution in [0.25, 0.3) is 0 Å². The Bertz CT molecular complexity index is 475. The lowest BCUT2D eigenvalue weighted by Crippen LogP contribution is -2.02. The van der Waals surface area contributed by atoms with Crippen molar-refractivity contribution in [3.05, 3.63) is 33.9 Å². The van der Waals surface area contributed by atoms with E-state index < -0.39 is 10.9 Å². The lowest BCUT2D eigenvalue weighted by Gasteiger charge is -2.04. The van der Waals surface area contributed by atoms with Crippen molar-refractivity contribution in [1.29, 1.82) is 0 Å². The van der Waals surface area contributed by atoms with E-state index in [-0.39, 0.29) is 23.6 Å². The molecule has 0 aromatic heterocycles. The van der Waals surface area contributed by atoms with Gasteiger partial charge in [0.15, 0.2) is 5.75 Å². The first kappa shape index (κ1) is 11.5. The monoisotopic (exact) mass is 221 g/mol. The van der Waals surface area contributed by atoms with Crippen molar-refractivity contribution >= 4 is 11.7 Å². The number of nitrogens with zero attached hydrogens (tertiary/aromatic N) is 1. The van der Waals surface area contributed by atoms with E-state index in [4.69, 9.17) is 16.3 Å². The number of rotatable bonds is 4. The molecule has 1 N–H and O–H groups in total. The van der Waals surface area contributed by atoms with Gasteiger partial charge in [0.05, 0.1) is 10.5 Å². The van der Waals surface area contributed by atoms with Crippen molar-refractivity contribution < 1.29 is 19.6 Å². The highest BCUT2D eigenvalue weighted by Gasteiger charge is 2.17. The van der Waals surface area contributed by atoms with E-state index in [1.165, 1.54) is 0 Å². The molecule has 1 rings (SSSR count). The number of hydrogen-bond donors (Lipinski definition) is 1. The van der Waals surface area contributed by atoms with Crippen LogP contribution in [0.4, 0.5) is 5.69 Å². The Labute approximate surface area is 90.6 Å². The minimum absolute atomic E-state index is 0.0994. The lowest BCUT2D eigenvalue weighted by atomic mass is 10.2. The molecule has 0 bridgehead atoms. The topological polar surface area (TPSA) is 89.7 Å². The van der Waals surface area contributed by atoms with E-state index in [9.17, 15) is 14.9 Å². The molecule has 0 unspecified atom stereocenters. The third kappa shape index (κ3) is 2.48. The summed E-state index contributed by atoms with van der Waals surface area (Å²) < 4.78 is 4.90. The van der Waals surface area contributed by atoms with E-state index in [1.807, 2.05) is 0 Å². The number of benzene rings is 1. The smallest absolute Gasteiger partial charge is 0.335 e. The number of carboxylic acids is 1. The normalized spacial score (nSPS) is 9.19. The number of nitro benzene ring substituents is 1. The average Bonchev–Trinajstić information content (AvgIpc) is 2.25. The second-order valence-corrected chi connectivity index (χ2v) is 2.74. The molecule has 6 heteroatoms. The molecule has 0 spiro atoms. The molecule has 1 aromatic carbocycles. The Kier molecular flexibility index (Phi) is 3.45. The fourth-order valence-electron chi connectivity index (χ4n) is 1.03. The van der Waals surface area contributed by atoms with Crippen molar-refractivity contribution in [2.45, 2.75) is 0 Å². The Balaban J connectivity index is 3.16. The second-order valence-electron chi connectivity index (χ2n) is 2.74. The number of hydrogen-bond acceptors (Lipinski definition) is 4. The molecular weight excluding hydrogens is 214 g/mol. The average molecular weight is 221 g/mol. The predicted octanol–water partition coefficient (Wildman–Crippen LogP) is 1.30. The number of carbonyl (C=O) groups is 1. The van der Waals surface area contributed by atoms with Gasteiger partial charge in [0.1, 0.15) is 6.61 Å². The van der Waals surface area contributed by atoms with Crippen LogP contribution in [-0.2, 0) is 0 Å². The zero-order valence-electron chi connectivity index (χ0n) is 8.04. The van der Waals surface area contributed by atoms with Crippen LogP contribution in [0.1, 0.15) is 10.4 Å². The first-order valence-corrected chi connectivity index (χ1v) is 4.14. The van der Waals surface area contributed by atoms with E-state index in [1.54, 1.807) is 0 Å². The zero-order chi connectivity index (χ0) is 12.1. The van der Waals surface area contributed by atoms with Crippen LogP contribution in [0.3, 0.4) is 0 Å². The Morgan fingerprint density at radius 1 is 1.62 bits per heavy atom. The maximum atomic E-state index is 10.6. The SMILES string of the molecule is C#CCOc1cc(C(=O)O)ccc1[N+](=O)[O-]. The van der Waals surface area contributed by atoms with Crippen LogP contribution in [-0.4, -0.2) is 22.6 Å². The number of aromatic carboxylic acids is 1. The van der Waals surface area contributed by atoms with Crippen LogP contribution in [0, 0.1) is 22.5 Å². The Hall–Kier alpha value is -2.55. The third-order valence-corrected chi connectivity index (χ3v) is 1.71. The standard InChI is InChI=1S/C10H7NO5/c1-2-5-16-9-6-7(10(12)13)3-4-8(9)11(14)15/h1,3-4,6H,5H2,(H,12,13). The van der Waals surface area contributed by atoms with Gasteiger partial charge >= 0.3 is 11.7 Å². The van der Waals surface area contributed by atoms with E-state index in [2.05, 4.69) is 5.92 Å². The molecule has 0 radical (unpaired) electrons. The van der Waals surface area contributed by atoms with Crippen LogP contribution in [0.2, 0.25) is 0 Å². The summed E-state index contributed by atoms with van der Waals surface area (Å²) in [4.78, 5) is 20.6. The minimum Gasteiger partial charge on any atom is -0.478 e. The Morgan fingerprint density at radius 3 is 2.81 bits per heavy atom. The van der Waals surface area contributed by atoms with Gasteiger partial charge in [-0.1, -0.05) is 5.92 Å². The molecule has 1 aromatic rings. The molecule has 0 aliphatic heterocycles. The van der Waals surface area contributed by atoms with Crippen molar-refractivity contribution in [3.8, 4) is 18.1 Å². The van der Waals surface area contributed by atoms with Crippen LogP contribution in [0.5, 0.6) is 5.75 Å². The highest BCUT2D eigenvalue weighted by Crippen LogP contribution is 2.27. The van der Waals surface area contributed by atoms with Gasteiger partial charge in [-0.3, -0.25) is 10.1 Å². The van der Waals surface area contributed by atoms with Crippen LogP contribution >= 0.6 is 0 Å². The highest BCUT2D eigenvalue weighted by molar-refractivity contribution is 5.88. The van der Waals surface area contributed by atoms with Gasteiger partial charge in [0.2, 0.25) is 0 Å². The maximum Gasteiger partial charge on any atom is 0.335 e. The molecule has 6 nitrogen and oxygen atoms in total. The number of terminal acetylenes is 1. The lowest BCUT2D eigenvalue weighted by molar-refractivity contribution is -0.385. The highest BCUT2D eigenvalue weighted by atomic mass is 16.6. The molecule has 0 saturated carbocycles. The van der Waals surface area contributed by atoms with Gasteiger partial charge in [0.25, 0.3) is 0 Å². The summed E-state index contributed by atoms with van der Waals surface area (Å²) in [6.45, 7) is -0.163. The molecule has 82 valence electrons. The predicted molar refractivity (Wildman–Crippen MR) is 54.4 cm³/mol. The summed E-state index contributed by atoms with van der Waals surface area (Å²) in [6, 6.07) is 3.26. The fraction of sp³-hybridized carbons (Fsp3) is 0.100. The summed E-state index contributed by atoms with van der Waals surface area (Å²) in [5.74, 6) is 0.795. The van der Waals surface area contributed by atoms with Crippen molar-refractivity contribution in [2.24, 2.45) is 0 Å².